The van der Waals surface area contributed by atoms with Crippen LogP contribution in [0.4, 0.5) is 0 Å². The van der Waals surface area contributed by atoms with E-state index < -0.39 is 0 Å². The zero-order valence-corrected chi connectivity index (χ0v) is 10.0. The first-order valence-electron chi connectivity index (χ1n) is 5.84. The van der Waals surface area contributed by atoms with E-state index in [0.717, 1.165) is 5.56 Å². The normalized spacial score (nSPS) is 10.5. The minimum Gasteiger partial charge on any atom is -0.507 e. The van der Waals surface area contributed by atoms with E-state index in [9.17, 15) is 5.11 Å². The van der Waals surface area contributed by atoms with E-state index in [0.29, 0.717) is 17.3 Å². The van der Waals surface area contributed by atoms with Crippen molar-refractivity contribution in [2.24, 2.45) is 0 Å². The van der Waals surface area contributed by atoms with Gasteiger partial charge in [0, 0.05) is 0 Å². The maximum absolute atomic E-state index is 9.72. The van der Waals surface area contributed by atoms with Gasteiger partial charge in [-0.25, -0.2) is 0 Å². The van der Waals surface area contributed by atoms with Gasteiger partial charge in [-0.05, 0) is 17.7 Å². The number of benzene rings is 2. The number of hydrogen-bond acceptors (Lipinski definition) is 4. The fourth-order valence-corrected chi connectivity index (χ4v) is 1.75. The second kappa shape index (κ2) is 4.94. The average molecular weight is 251 g/mol. The summed E-state index contributed by atoms with van der Waals surface area (Å²) >= 11 is 0. The van der Waals surface area contributed by atoms with Gasteiger partial charge in [0.2, 0.25) is 5.89 Å². The molecule has 1 N–H and O–H groups in total. The van der Waals surface area contributed by atoms with Gasteiger partial charge in [-0.2, -0.15) is 0 Å². The lowest BCUT2D eigenvalue weighted by molar-refractivity contribution is 0.471. The molecule has 0 aliphatic carbocycles. The smallest absolute Gasteiger partial charge is 0.251 e. The number of aromatic hydroxyl groups is 1. The van der Waals surface area contributed by atoms with E-state index in [2.05, 4.69) is 10.2 Å². The van der Waals surface area contributed by atoms with Gasteiger partial charge in [0.25, 0.3) is 5.89 Å². The molecule has 1 radical (unpaired) electrons. The van der Waals surface area contributed by atoms with E-state index >= 15 is 0 Å². The summed E-state index contributed by atoms with van der Waals surface area (Å²) in [6, 6.07) is 16.6. The first kappa shape index (κ1) is 11.5. The molecule has 0 aliphatic heterocycles. The topological polar surface area (TPSA) is 59.2 Å². The van der Waals surface area contributed by atoms with Gasteiger partial charge in [0.05, 0.1) is 12.0 Å². The van der Waals surface area contributed by atoms with Gasteiger partial charge in [0.15, 0.2) is 0 Å². The molecule has 19 heavy (non-hydrogen) atoms. The third-order valence-electron chi connectivity index (χ3n) is 2.66. The molecular weight excluding hydrogens is 240 g/mol. The highest BCUT2D eigenvalue weighted by atomic mass is 16.4. The largest absolute Gasteiger partial charge is 0.507 e. The van der Waals surface area contributed by atoms with Crippen molar-refractivity contribution in [1.82, 2.24) is 10.2 Å². The van der Waals surface area contributed by atoms with Gasteiger partial charge >= 0.3 is 0 Å². The molecule has 1 heterocycles. The lowest BCUT2D eigenvalue weighted by Crippen LogP contribution is -1.83. The minimum atomic E-state index is 0.123. The number of hydrogen-bond donors (Lipinski definition) is 1. The number of nitrogens with zero attached hydrogens (tertiary/aromatic N) is 2. The van der Waals surface area contributed by atoms with Crippen molar-refractivity contribution in [3.05, 3.63) is 72.5 Å². The molecule has 4 nitrogen and oxygen atoms in total. The molecule has 0 atom stereocenters. The van der Waals surface area contributed by atoms with Gasteiger partial charge in [-0.1, -0.05) is 42.5 Å². The highest BCUT2D eigenvalue weighted by Crippen LogP contribution is 2.27. The quantitative estimate of drug-likeness (QED) is 0.777. The molecule has 93 valence electrons. The lowest BCUT2D eigenvalue weighted by atomic mass is 10.1. The van der Waals surface area contributed by atoms with Crippen molar-refractivity contribution < 1.29 is 9.52 Å². The van der Waals surface area contributed by atoms with Gasteiger partial charge in [0.1, 0.15) is 5.75 Å². The van der Waals surface area contributed by atoms with Crippen molar-refractivity contribution in [2.45, 2.75) is 0 Å². The zero-order chi connectivity index (χ0) is 13.1. The molecule has 0 saturated carbocycles. The predicted molar refractivity (Wildman–Crippen MR) is 70.3 cm³/mol. The molecule has 0 saturated heterocycles. The molecule has 3 aromatic rings. The van der Waals surface area contributed by atoms with Crippen LogP contribution < -0.4 is 0 Å². The van der Waals surface area contributed by atoms with Crippen LogP contribution in [0.2, 0.25) is 0 Å². The molecule has 0 aliphatic rings. The third-order valence-corrected chi connectivity index (χ3v) is 2.66. The summed E-state index contributed by atoms with van der Waals surface area (Å²) in [5.74, 6) is 0.835. The van der Waals surface area contributed by atoms with E-state index in [-0.39, 0.29) is 5.75 Å². The molecule has 0 fully saturated rings. The van der Waals surface area contributed by atoms with Crippen LogP contribution >= 0.6 is 0 Å². The Kier molecular flexibility index (Phi) is 2.98. The SMILES string of the molecule is Oc1ccccc1-c1nnc([CH]c2ccccc2)o1. The summed E-state index contributed by atoms with van der Waals surface area (Å²) in [5, 5.41) is 17.6. The Morgan fingerprint density at radius 2 is 1.63 bits per heavy atom. The maximum atomic E-state index is 9.72. The van der Waals surface area contributed by atoms with E-state index in [1.807, 2.05) is 30.3 Å². The Morgan fingerprint density at radius 1 is 0.895 bits per heavy atom. The average Bonchev–Trinajstić information content (AvgIpc) is 2.89. The zero-order valence-electron chi connectivity index (χ0n) is 10.0. The van der Waals surface area contributed by atoms with Crippen LogP contribution in [-0.2, 0) is 0 Å². The number of rotatable bonds is 3. The van der Waals surface area contributed by atoms with E-state index in [4.69, 9.17) is 4.42 Å². The van der Waals surface area contributed by atoms with Crippen LogP contribution in [-0.4, -0.2) is 15.3 Å². The van der Waals surface area contributed by atoms with E-state index in [1.165, 1.54) is 0 Å². The van der Waals surface area contributed by atoms with Crippen molar-refractivity contribution >= 4 is 0 Å². The standard InChI is InChI=1S/C15H11N2O2/c18-13-9-5-4-8-12(13)15-17-16-14(19-15)10-11-6-2-1-3-7-11/h1-10,18H. The van der Waals surface area contributed by atoms with Crippen molar-refractivity contribution in [3.63, 3.8) is 0 Å². The number of aromatic nitrogens is 2. The Balaban J connectivity index is 1.86. The third kappa shape index (κ3) is 2.47. The summed E-state index contributed by atoms with van der Waals surface area (Å²) in [4.78, 5) is 0. The van der Waals surface area contributed by atoms with Gasteiger partial charge in [-0.3, -0.25) is 0 Å². The summed E-state index contributed by atoms with van der Waals surface area (Å²) in [6.07, 6.45) is 1.79. The Labute approximate surface area is 110 Å². The van der Waals surface area contributed by atoms with Crippen LogP contribution in [0.5, 0.6) is 5.75 Å². The molecule has 0 amide bonds. The van der Waals surface area contributed by atoms with Crippen molar-refractivity contribution in [1.29, 1.82) is 0 Å². The molecule has 4 heteroatoms. The van der Waals surface area contributed by atoms with Gasteiger partial charge < -0.3 is 9.52 Å². The summed E-state index contributed by atoms with van der Waals surface area (Å²) in [6.45, 7) is 0. The molecule has 0 bridgehead atoms. The highest BCUT2D eigenvalue weighted by molar-refractivity contribution is 5.61. The molecular formula is C15H11N2O2. The minimum absolute atomic E-state index is 0.123. The maximum Gasteiger partial charge on any atom is 0.251 e. The second-order valence-corrected chi connectivity index (χ2v) is 4.02. The fourth-order valence-electron chi connectivity index (χ4n) is 1.75. The molecule has 0 unspecified atom stereocenters. The van der Waals surface area contributed by atoms with Crippen LogP contribution in [0, 0.1) is 6.42 Å². The first-order chi connectivity index (χ1) is 9.33. The molecule has 2 aromatic carbocycles. The molecule has 0 spiro atoms. The Morgan fingerprint density at radius 3 is 2.42 bits per heavy atom. The number of phenolic OH excluding ortho intramolecular Hbond substituents is 1. The molecule has 3 rings (SSSR count). The Hall–Kier alpha value is -2.62. The summed E-state index contributed by atoms with van der Waals surface area (Å²) in [5.41, 5.74) is 1.51. The highest BCUT2D eigenvalue weighted by Gasteiger charge is 2.12. The van der Waals surface area contributed by atoms with Crippen molar-refractivity contribution in [2.75, 3.05) is 0 Å². The first-order valence-corrected chi connectivity index (χ1v) is 5.84. The van der Waals surface area contributed by atoms with Crippen LogP contribution in [0.25, 0.3) is 11.5 Å². The number of phenols is 1. The fraction of sp³-hybridized carbons (Fsp3) is 0. The Bertz CT molecular complexity index is 677. The van der Waals surface area contributed by atoms with Crippen molar-refractivity contribution in [3.8, 4) is 17.2 Å². The predicted octanol–water partition coefficient (Wildman–Crippen LogP) is 3.04. The molecule has 1 aromatic heterocycles. The van der Waals surface area contributed by atoms with E-state index in [1.54, 1.807) is 30.7 Å². The van der Waals surface area contributed by atoms with Crippen LogP contribution in [0.15, 0.2) is 59.0 Å². The summed E-state index contributed by atoms with van der Waals surface area (Å²) < 4.78 is 5.52. The monoisotopic (exact) mass is 251 g/mol. The van der Waals surface area contributed by atoms with Crippen LogP contribution in [0.1, 0.15) is 11.5 Å². The van der Waals surface area contributed by atoms with Crippen LogP contribution in [0.3, 0.4) is 0 Å². The lowest BCUT2D eigenvalue weighted by Gasteiger charge is -1.97. The number of para-hydroxylation sites is 1. The second-order valence-electron chi connectivity index (χ2n) is 4.02. The van der Waals surface area contributed by atoms with Gasteiger partial charge in [-0.15, -0.1) is 10.2 Å². The summed E-state index contributed by atoms with van der Waals surface area (Å²) in [7, 11) is 0.